The molecule has 27 heavy (non-hydrogen) atoms. The van der Waals surface area contributed by atoms with Gasteiger partial charge in [0.1, 0.15) is 11.6 Å². The molecule has 0 bridgehead atoms. The number of hydrogen-bond donors (Lipinski definition) is 0. The molecule has 3 rings (SSSR count). The zero-order chi connectivity index (χ0) is 19.4. The van der Waals surface area contributed by atoms with Crippen LogP contribution in [0.4, 0.5) is 0 Å². The second kappa shape index (κ2) is 8.03. The van der Waals surface area contributed by atoms with E-state index in [9.17, 15) is 10.1 Å². The van der Waals surface area contributed by atoms with Gasteiger partial charge in [-0.1, -0.05) is 35.9 Å². The second-order valence-corrected chi connectivity index (χ2v) is 6.65. The van der Waals surface area contributed by atoms with Gasteiger partial charge in [0, 0.05) is 40.9 Å². The summed E-state index contributed by atoms with van der Waals surface area (Å²) in [5.74, 6) is -0.292. The number of pyridine rings is 1. The summed E-state index contributed by atoms with van der Waals surface area (Å²) < 4.78 is 2.04. The zero-order valence-corrected chi connectivity index (χ0v) is 15.9. The van der Waals surface area contributed by atoms with Gasteiger partial charge in [-0.2, -0.15) is 5.26 Å². The van der Waals surface area contributed by atoms with Crippen LogP contribution in [0.1, 0.15) is 32.9 Å². The molecule has 134 valence electrons. The molecule has 0 aliphatic carbocycles. The summed E-state index contributed by atoms with van der Waals surface area (Å²) in [5.41, 5.74) is 4.05. The van der Waals surface area contributed by atoms with Crippen molar-refractivity contribution in [1.29, 1.82) is 5.26 Å². The Bertz CT molecular complexity index is 1060. The lowest BCUT2D eigenvalue weighted by Gasteiger charge is -2.11. The number of ketones is 1. The van der Waals surface area contributed by atoms with Crippen LogP contribution in [0.5, 0.6) is 0 Å². The summed E-state index contributed by atoms with van der Waals surface area (Å²) in [6, 6.07) is 15.0. The molecule has 2 aromatic heterocycles. The minimum absolute atomic E-state index is 0.0843. The quantitative estimate of drug-likeness (QED) is 0.358. The summed E-state index contributed by atoms with van der Waals surface area (Å²) in [7, 11) is 0. The number of aryl methyl sites for hydroxylation is 1. The lowest BCUT2D eigenvalue weighted by Crippen LogP contribution is -2.07. The molecular formula is C22H18ClN3O. The molecule has 4 nitrogen and oxygen atoms in total. The maximum atomic E-state index is 12.9. The molecule has 0 N–H and O–H groups in total. The molecule has 0 spiro atoms. The first-order valence-corrected chi connectivity index (χ1v) is 8.85. The molecule has 0 radical (unpaired) electrons. The molecule has 0 aliphatic rings. The number of nitrogens with zero attached hydrogens (tertiary/aromatic N) is 3. The first kappa shape index (κ1) is 18.6. The Balaban J connectivity index is 1.96. The second-order valence-electron chi connectivity index (χ2n) is 6.25. The van der Waals surface area contributed by atoms with E-state index in [0.29, 0.717) is 22.7 Å². The van der Waals surface area contributed by atoms with Gasteiger partial charge in [0.2, 0.25) is 5.78 Å². The van der Waals surface area contributed by atoms with Gasteiger partial charge < -0.3 is 4.57 Å². The van der Waals surface area contributed by atoms with Crippen molar-refractivity contribution in [3.8, 4) is 6.07 Å². The number of rotatable bonds is 5. The summed E-state index contributed by atoms with van der Waals surface area (Å²) in [5, 5.41) is 10.2. The minimum Gasteiger partial charge on any atom is -0.344 e. The molecule has 0 atom stereocenters. The highest BCUT2D eigenvalue weighted by molar-refractivity contribution is 6.31. The number of Topliss-reactive ketones (excluding diaryl/α,β-unsaturated/α-hetero) is 1. The first-order valence-electron chi connectivity index (χ1n) is 8.48. The topological polar surface area (TPSA) is 58.7 Å². The fourth-order valence-corrected chi connectivity index (χ4v) is 3.19. The van der Waals surface area contributed by atoms with E-state index in [1.807, 2.05) is 54.8 Å². The summed E-state index contributed by atoms with van der Waals surface area (Å²) in [6.07, 6.45) is 4.83. The van der Waals surface area contributed by atoms with Gasteiger partial charge in [-0.05, 0) is 49.2 Å². The SMILES string of the molecule is Cc1cc(C(=O)/C(C#N)=C/c2cccnc2)c(C)n1Cc1ccccc1Cl. The number of halogens is 1. The first-order chi connectivity index (χ1) is 13.0. The Hall–Kier alpha value is -3.16. The number of carbonyl (C=O) groups excluding carboxylic acids is 1. The molecule has 2 heterocycles. The average molecular weight is 376 g/mol. The monoisotopic (exact) mass is 375 g/mol. The Kier molecular flexibility index (Phi) is 5.54. The van der Waals surface area contributed by atoms with Gasteiger partial charge in [0.15, 0.2) is 0 Å². The maximum Gasteiger partial charge on any atom is 0.205 e. The van der Waals surface area contributed by atoms with E-state index >= 15 is 0 Å². The van der Waals surface area contributed by atoms with Crippen LogP contribution in [0.15, 0.2) is 60.4 Å². The lowest BCUT2D eigenvalue weighted by molar-refractivity contribution is 0.103. The van der Waals surface area contributed by atoms with Gasteiger partial charge in [-0.25, -0.2) is 0 Å². The van der Waals surface area contributed by atoms with E-state index < -0.39 is 0 Å². The summed E-state index contributed by atoms with van der Waals surface area (Å²) in [4.78, 5) is 16.9. The van der Waals surface area contributed by atoms with Crippen molar-refractivity contribution in [2.75, 3.05) is 0 Å². The van der Waals surface area contributed by atoms with Gasteiger partial charge in [-0.15, -0.1) is 0 Å². The normalized spacial score (nSPS) is 11.3. The van der Waals surface area contributed by atoms with E-state index in [1.165, 1.54) is 0 Å². The smallest absolute Gasteiger partial charge is 0.205 e. The standard InChI is InChI=1S/C22H18ClN3O/c1-15-10-20(16(2)26(15)14-18-7-3-4-8-21(18)23)22(27)19(12-24)11-17-6-5-9-25-13-17/h3-11,13H,14H2,1-2H3/b19-11+. The molecule has 0 aliphatic heterocycles. The molecule has 0 amide bonds. The summed E-state index contributed by atoms with van der Waals surface area (Å²) in [6.45, 7) is 4.40. The Morgan fingerprint density at radius 1 is 1.26 bits per heavy atom. The number of nitriles is 1. The Labute approximate surface area is 163 Å². The number of carbonyl (C=O) groups is 1. The van der Waals surface area contributed by atoms with Crippen molar-refractivity contribution in [1.82, 2.24) is 9.55 Å². The fraction of sp³-hybridized carbons (Fsp3) is 0.136. The number of benzene rings is 1. The molecule has 3 aromatic rings. The molecule has 5 heteroatoms. The van der Waals surface area contributed by atoms with Crippen LogP contribution in [-0.2, 0) is 6.54 Å². The Morgan fingerprint density at radius 3 is 2.70 bits per heavy atom. The molecule has 0 unspecified atom stereocenters. The van der Waals surface area contributed by atoms with Crippen molar-refractivity contribution >= 4 is 23.5 Å². The highest BCUT2D eigenvalue weighted by Crippen LogP contribution is 2.23. The molecule has 0 fully saturated rings. The average Bonchev–Trinajstić information content (AvgIpc) is 2.96. The maximum absolute atomic E-state index is 12.9. The van der Waals surface area contributed by atoms with Gasteiger partial charge in [-0.3, -0.25) is 9.78 Å². The van der Waals surface area contributed by atoms with E-state index in [4.69, 9.17) is 11.6 Å². The van der Waals surface area contributed by atoms with Crippen LogP contribution in [0.25, 0.3) is 6.08 Å². The van der Waals surface area contributed by atoms with Crippen molar-refractivity contribution in [2.24, 2.45) is 0 Å². The van der Waals surface area contributed by atoms with Crippen LogP contribution in [0.3, 0.4) is 0 Å². The zero-order valence-electron chi connectivity index (χ0n) is 15.1. The third-order valence-electron chi connectivity index (χ3n) is 4.47. The van der Waals surface area contributed by atoms with Gasteiger partial charge in [0.25, 0.3) is 0 Å². The van der Waals surface area contributed by atoms with Crippen molar-refractivity contribution in [3.05, 3.63) is 93.5 Å². The lowest BCUT2D eigenvalue weighted by atomic mass is 10.0. The third-order valence-corrected chi connectivity index (χ3v) is 4.83. The highest BCUT2D eigenvalue weighted by Gasteiger charge is 2.19. The highest BCUT2D eigenvalue weighted by atomic mass is 35.5. The van der Waals surface area contributed by atoms with E-state index in [0.717, 1.165) is 17.0 Å². The Morgan fingerprint density at radius 2 is 2.04 bits per heavy atom. The molecule has 0 saturated heterocycles. The number of allylic oxidation sites excluding steroid dienone is 1. The minimum atomic E-state index is -0.292. The van der Waals surface area contributed by atoms with E-state index in [2.05, 4.69) is 4.98 Å². The van der Waals surface area contributed by atoms with Gasteiger partial charge >= 0.3 is 0 Å². The predicted octanol–water partition coefficient (Wildman–Crippen LogP) is 4.99. The van der Waals surface area contributed by atoms with Crippen LogP contribution in [-0.4, -0.2) is 15.3 Å². The van der Waals surface area contributed by atoms with Crippen LogP contribution < -0.4 is 0 Å². The number of hydrogen-bond acceptors (Lipinski definition) is 3. The third kappa shape index (κ3) is 3.99. The van der Waals surface area contributed by atoms with E-state index in [-0.39, 0.29) is 11.4 Å². The van der Waals surface area contributed by atoms with Gasteiger partial charge in [0.05, 0.1) is 0 Å². The molecule has 0 saturated carbocycles. The van der Waals surface area contributed by atoms with Crippen molar-refractivity contribution < 1.29 is 4.79 Å². The van der Waals surface area contributed by atoms with Crippen molar-refractivity contribution in [2.45, 2.75) is 20.4 Å². The largest absolute Gasteiger partial charge is 0.344 e. The van der Waals surface area contributed by atoms with E-state index in [1.54, 1.807) is 30.6 Å². The fourth-order valence-electron chi connectivity index (χ4n) is 2.99. The summed E-state index contributed by atoms with van der Waals surface area (Å²) >= 11 is 6.27. The molecular weight excluding hydrogens is 358 g/mol. The van der Waals surface area contributed by atoms with Crippen LogP contribution in [0.2, 0.25) is 5.02 Å². The number of aromatic nitrogens is 2. The van der Waals surface area contributed by atoms with Crippen LogP contribution in [0, 0.1) is 25.2 Å². The molecule has 1 aromatic carbocycles. The predicted molar refractivity (Wildman–Crippen MR) is 107 cm³/mol. The van der Waals surface area contributed by atoms with Crippen LogP contribution >= 0.6 is 11.6 Å². The van der Waals surface area contributed by atoms with Crippen molar-refractivity contribution in [3.63, 3.8) is 0 Å².